The summed E-state index contributed by atoms with van der Waals surface area (Å²) < 4.78 is 1.99. The molecule has 1 aromatic heterocycles. The van der Waals surface area contributed by atoms with Crippen LogP contribution in [-0.2, 0) is 6.54 Å². The quantitative estimate of drug-likeness (QED) is 0.529. The van der Waals surface area contributed by atoms with E-state index in [1.165, 1.54) is 0 Å². The predicted octanol–water partition coefficient (Wildman–Crippen LogP) is 4.80. The first kappa shape index (κ1) is 16.6. The molecule has 26 heavy (non-hydrogen) atoms. The van der Waals surface area contributed by atoms with Crippen molar-refractivity contribution in [2.75, 3.05) is 0 Å². The molecule has 0 unspecified atom stereocenters. The van der Waals surface area contributed by atoms with Crippen molar-refractivity contribution < 1.29 is 9.90 Å². The average molecular weight is 343 g/mol. The number of hydrogen-bond acceptors (Lipinski definition) is 2. The van der Waals surface area contributed by atoms with Gasteiger partial charge in [-0.2, -0.15) is 0 Å². The Kier molecular flexibility index (Phi) is 4.31. The Morgan fingerprint density at radius 2 is 1.62 bits per heavy atom. The highest BCUT2D eigenvalue weighted by atomic mass is 16.3. The van der Waals surface area contributed by atoms with Gasteiger partial charge in [0, 0.05) is 34.8 Å². The minimum absolute atomic E-state index is 0.0164. The van der Waals surface area contributed by atoms with Crippen LogP contribution in [0.4, 0.5) is 0 Å². The van der Waals surface area contributed by atoms with Gasteiger partial charge in [-0.1, -0.05) is 67.6 Å². The normalized spacial score (nSPS) is 12.5. The number of para-hydroxylation sites is 1. The highest BCUT2D eigenvalue weighted by molar-refractivity contribution is 6.21. The molecule has 0 aliphatic carbocycles. The zero-order valence-electron chi connectivity index (χ0n) is 14.7. The molecular weight excluding hydrogens is 322 g/mol. The lowest BCUT2D eigenvalue weighted by molar-refractivity contribution is 0.104. The number of carbonyl (C=O) groups is 1. The number of rotatable bonds is 5. The molecule has 0 bridgehead atoms. The zero-order chi connectivity index (χ0) is 18.1. The van der Waals surface area contributed by atoms with Gasteiger partial charge >= 0.3 is 0 Å². The largest absolute Gasteiger partial charge is 0.391 e. The molecule has 3 heteroatoms. The van der Waals surface area contributed by atoms with Crippen molar-refractivity contribution >= 4 is 27.5 Å². The maximum Gasteiger partial charge on any atom is 0.195 e. The molecule has 0 amide bonds. The summed E-state index contributed by atoms with van der Waals surface area (Å²) in [4.78, 5) is 13.4. The Bertz CT molecular complexity index is 1090. The number of nitrogens with zero attached hydrogens (tertiary/aromatic N) is 1. The summed E-state index contributed by atoms with van der Waals surface area (Å²) in [7, 11) is 0. The van der Waals surface area contributed by atoms with E-state index in [9.17, 15) is 9.90 Å². The third-order valence-corrected chi connectivity index (χ3v) is 4.95. The maximum absolute atomic E-state index is 13.4. The average Bonchev–Trinajstić information content (AvgIpc) is 3.05. The van der Waals surface area contributed by atoms with E-state index in [0.717, 1.165) is 21.7 Å². The van der Waals surface area contributed by atoms with E-state index in [-0.39, 0.29) is 5.78 Å². The van der Waals surface area contributed by atoms with Crippen molar-refractivity contribution in [1.82, 2.24) is 4.57 Å². The van der Waals surface area contributed by atoms with Crippen LogP contribution >= 0.6 is 0 Å². The number of carbonyl (C=O) groups excluding carboxylic acids is 1. The summed E-state index contributed by atoms with van der Waals surface area (Å²) in [6, 6.07) is 21.7. The first-order chi connectivity index (χ1) is 12.7. The van der Waals surface area contributed by atoms with E-state index in [2.05, 4.69) is 0 Å². The van der Waals surface area contributed by atoms with E-state index < -0.39 is 6.10 Å². The van der Waals surface area contributed by atoms with Gasteiger partial charge in [-0.25, -0.2) is 0 Å². The summed E-state index contributed by atoms with van der Waals surface area (Å²) in [6.45, 7) is 2.44. The second kappa shape index (κ2) is 6.77. The Morgan fingerprint density at radius 3 is 2.42 bits per heavy atom. The number of aliphatic hydroxyl groups excluding tert-OH is 1. The summed E-state index contributed by atoms with van der Waals surface area (Å²) in [5, 5.41) is 13.0. The fourth-order valence-electron chi connectivity index (χ4n) is 3.50. The van der Waals surface area contributed by atoms with E-state index in [0.29, 0.717) is 24.1 Å². The monoisotopic (exact) mass is 343 g/mol. The van der Waals surface area contributed by atoms with Gasteiger partial charge in [0.2, 0.25) is 0 Å². The van der Waals surface area contributed by atoms with Gasteiger partial charge in [-0.15, -0.1) is 0 Å². The molecule has 0 aliphatic heterocycles. The number of hydrogen-bond donors (Lipinski definition) is 1. The minimum Gasteiger partial charge on any atom is -0.391 e. The molecule has 1 atom stereocenters. The Labute approximate surface area is 152 Å². The minimum atomic E-state index is -0.425. The lowest BCUT2D eigenvalue weighted by atomic mass is 9.97. The topological polar surface area (TPSA) is 42.2 Å². The van der Waals surface area contributed by atoms with Gasteiger partial charge in [-0.3, -0.25) is 4.79 Å². The van der Waals surface area contributed by atoms with Crippen molar-refractivity contribution in [3.8, 4) is 0 Å². The molecule has 3 aromatic carbocycles. The molecule has 0 spiro atoms. The standard InChI is InChI=1S/C23H21NO2/c1-2-17(25)14-24-15-21(19-11-5-6-13-22(19)24)23(26)20-12-7-9-16-8-3-4-10-18(16)20/h3-13,15,17,25H,2,14H2,1H3/t17-/m1/s1. The summed E-state index contributed by atoms with van der Waals surface area (Å²) in [6.07, 6.45) is 2.14. The van der Waals surface area contributed by atoms with Crippen LogP contribution in [0.25, 0.3) is 21.7 Å². The predicted molar refractivity (Wildman–Crippen MR) is 106 cm³/mol. The van der Waals surface area contributed by atoms with Crippen LogP contribution in [0, 0.1) is 0 Å². The number of aliphatic hydroxyl groups is 1. The Morgan fingerprint density at radius 1 is 0.923 bits per heavy atom. The lowest BCUT2D eigenvalue weighted by Crippen LogP contribution is -2.13. The second-order valence-electron chi connectivity index (χ2n) is 6.63. The van der Waals surface area contributed by atoms with E-state index in [1.54, 1.807) is 0 Å². The van der Waals surface area contributed by atoms with E-state index >= 15 is 0 Å². The fourth-order valence-corrected chi connectivity index (χ4v) is 3.50. The molecule has 1 heterocycles. The third kappa shape index (κ3) is 2.80. The van der Waals surface area contributed by atoms with Crippen molar-refractivity contribution in [2.24, 2.45) is 0 Å². The number of ketones is 1. The van der Waals surface area contributed by atoms with Crippen molar-refractivity contribution in [2.45, 2.75) is 26.0 Å². The van der Waals surface area contributed by atoms with Gasteiger partial charge in [0.1, 0.15) is 0 Å². The van der Waals surface area contributed by atoms with Gasteiger partial charge in [0.05, 0.1) is 6.10 Å². The zero-order valence-corrected chi connectivity index (χ0v) is 14.7. The number of fused-ring (bicyclic) bond motifs is 2. The first-order valence-electron chi connectivity index (χ1n) is 8.97. The molecule has 4 rings (SSSR count). The molecular formula is C23H21NO2. The van der Waals surface area contributed by atoms with Crippen LogP contribution in [-0.4, -0.2) is 21.6 Å². The molecule has 0 radical (unpaired) electrons. The fraction of sp³-hybridized carbons (Fsp3) is 0.174. The number of aromatic nitrogens is 1. The summed E-state index contributed by atoms with van der Waals surface area (Å²) in [5.74, 6) is 0.0164. The lowest BCUT2D eigenvalue weighted by Gasteiger charge is -2.10. The van der Waals surface area contributed by atoms with Crippen LogP contribution in [0.1, 0.15) is 29.3 Å². The van der Waals surface area contributed by atoms with Crippen molar-refractivity contribution in [3.05, 3.63) is 84.1 Å². The van der Waals surface area contributed by atoms with E-state index in [4.69, 9.17) is 0 Å². The summed E-state index contributed by atoms with van der Waals surface area (Å²) in [5.41, 5.74) is 2.37. The Balaban J connectivity index is 1.87. The SMILES string of the molecule is CC[C@@H](O)Cn1cc(C(=O)c2cccc3ccccc23)c2ccccc21. The highest BCUT2D eigenvalue weighted by Gasteiger charge is 2.19. The Hall–Kier alpha value is -2.91. The van der Waals surface area contributed by atoms with Gasteiger partial charge in [0.25, 0.3) is 0 Å². The van der Waals surface area contributed by atoms with Crippen LogP contribution in [0.5, 0.6) is 0 Å². The van der Waals surface area contributed by atoms with Crippen molar-refractivity contribution in [3.63, 3.8) is 0 Å². The van der Waals surface area contributed by atoms with Crippen LogP contribution in [0.2, 0.25) is 0 Å². The second-order valence-corrected chi connectivity index (χ2v) is 6.63. The van der Waals surface area contributed by atoms with Gasteiger partial charge < -0.3 is 9.67 Å². The third-order valence-electron chi connectivity index (χ3n) is 4.95. The molecule has 3 nitrogen and oxygen atoms in total. The maximum atomic E-state index is 13.4. The van der Waals surface area contributed by atoms with Crippen LogP contribution < -0.4 is 0 Å². The van der Waals surface area contributed by atoms with Gasteiger partial charge in [0.15, 0.2) is 5.78 Å². The molecule has 4 aromatic rings. The van der Waals surface area contributed by atoms with Crippen molar-refractivity contribution in [1.29, 1.82) is 0 Å². The molecule has 0 fully saturated rings. The molecule has 1 N–H and O–H groups in total. The van der Waals surface area contributed by atoms with Crippen LogP contribution in [0.15, 0.2) is 72.9 Å². The molecule has 0 saturated heterocycles. The molecule has 0 saturated carbocycles. The first-order valence-corrected chi connectivity index (χ1v) is 8.97. The number of benzene rings is 3. The highest BCUT2D eigenvalue weighted by Crippen LogP contribution is 2.27. The van der Waals surface area contributed by atoms with Crippen LogP contribution in [0.3, 0.4) is 0 Å². The molecule has 130 valence electrons. The van der Waals surface area contributed by atoms with E-state index in [1.807, 2.05) is 84.4 Å². The smallest absolute Gasteiger partial charge is 0.195 e. The molecule has 0 aliphatic rings. The van der Waals surface area contributed by atoms with Gasteiger partial charge in [-0.05, 0) is 23.3 Å². The summed E-state index contributed by atoms with van der Waals surface area (Å²) >= 11 is 0.